The molecule has 15 heavy (non-hydrogen) atoms. The monoisotopic (exact) mass is 220 g/mol. The first-order valence-electron chi connectivity index (χ1n) is 6.00. The molecule has 0 amide bonds. The molecule has 0 bridgehead atoms. The van der Waals surface area contributed by atoms with E-state index in [0.29, 0.717) is 0 Å². The van der Waals surface area contributed by atoms with Crippen LogP contribution in [-0.2, 0) is 19.3 Å². The average Bonchev–Trinajstić information content (AvgIpc) is 2.16. The van der Waals surface area contributed by atoms with Crippen LogP contribution >= 0.6 is 12.6 Å². The molecule has 0 saturated heterocycles. The van der Waals surface area contributed by atoms with E-state index in [9.17, 15) is 0 Å². The molecule has 1 aliphatic carbocycles. The number of thiol groups is 1. The van der Waals surface area contributed by atoms with Crippen LogP contribution in [0.1, 0.15) is 43.4 Å². The van der Waals surface area contributed by atoms with Crippen LogP contribution in [-0.4, -0.2) is 0 Å². The molecule has 0 fully saturated rings. The average molecular weight is 220 g/mol. The maximum atomic E-state index is 4.51. The molecule has 0 spiro atoms. The van der Waals surface area contributed by atoms with Crippen molar-refractivity contribution < 1.29 is 0 Å². The molecular formula is C14H20S. The van der Waals surface area contributed by atoms with Crippen LogP contribution in [0.15, 0.2) is 17.0 Å². The third kappa shape index (κ3) is 2.57. The highest BCUT2D eigenvalue weighted by Crippen LogP contribution is 2.28. The van der Waals surface area contributed by atoms with Gasteiger partial charge in [0.15, 0.2) is 0 Å². The second-order valence-electron chi connectivity index (χ2n) is 5.05. The second-order valence-corrected chi connectivity index (χ2v) is 5.56. The van der Waals surface area contributed by atoms with E-state index in [1.807, 2.05) is 0 Å². The fraction of sp³-hybridized carbons (Fsp3) is 0.571. The molecule has 0 aromatic heterocycles. The normalized spacial score (nSPS) is 15.5. The summed E-state index contributed by atoms with van der Waals surface area (Å²) in [5.74, 6) is 0.742. The summed E-state index contributed by atoms with van der Waals surface area (Å²) in [4.78, 5) is 1.14. The third-order valence-corrected chi connectivity index (χ3v) is 3.43. The second kappa shape index (κ2) is 4.61. The van der Waals surface area contributed by atoms with Crippen molar-refractivity contribution in [2.75, 3.05) is 0 Å². The number of fused-ring (bicyclic) bond motifs is 1. The molecule has 82 valence electrons. The lowest BCUT2D eigenvalue weighted by Crippen LogP contribution is -2.08. The zero-order valence-electron chi connectivity index (χ0n) is 9.71. The lowest BCUT2D eigenvalue weighted by atomic mass is 9.86. The molecule has 0 saturated carbocycles. The molecule has 0 unspecified atom stereocenters. The van der Waals surface area contributed by atoms with E-state index in [2.05, 4.69) is 38.6 Å². The predicted molar refractivity (Wildman–Crippen MR) is 68.9 cm³/mol. The minimum Gasteiger partial charge on any atom is -0.143 e. The van der Waals surface area contributed by atoms with Gasteiger partial charge in [-0.25, -0.2) is 0 Å². The third-order valence-electron chi connectivity index (χ3n) is 3.17. The molecule has 0 radical (unpaired) electrons. The van der Waals surface area contributed by atoms with Crippen LogP contribution in [0.5, 0.6) is 0 Å². The standard InChI is InChI=1S/C14H20S/c1-10(2)7-12-9-13(15)8-11-5-3-4-6-14(11)12/h8-10,15H,3-7H2,1-2H3. The molecule has 0 heterocycles. The van der Waals surface area contributed by atoms with Crippen LogP contribution in [0.2, 0.25) is 0 Å². The van der Waals surface area contributed by atoms with Gasteiger partial charge in [0.1, 0.15) is 0 Å². The topological polar surface area (TPSA) is 0 Å². The molecular weight excluding hydrogens is 200 g/mol. The van der Waals surface area contributed by atoms with Crippen molar-refractivity contribution in [1.82, 2.24) is 0 Å². The molecule has 0 N–H and O–H groups in total. The number of hydrogen-bond donors (Lipinski definition) is 1. The molecule has 0 aliphatic heterocycles. The van der Waals surface area contributed by atoms with Gasteiger partial charge >= 0.3 is 0 Å². The Hall–Kier alpha value is -0.430. The largest absolute Gasteiger partial charge is 0.143 e. The summed E-state index contributed by atoms with van der Waals surface area (Å²) in [5.41, 5.74) is 4.74. The van der Waals surface area contributed by atoms with Crippen molar-refractivity contribution in [2.24, 2.45) is 5.92 Å². The van der Waals surface area contributed by atoms with E-state index in [1.165, 1.54) is 32.1 Å². The van der Waals surface area contributed by atoms with Gasteiger partial charge in [-0.05, 0) is 66.8 Å². The summed E-state index contributed by atoms with van der Waals surface area (Å²) in [6.07, 6.45) is 6.46. The summed E-state index contributed by atoms with van der Waals surface area (Å²) in [7, 11) is 0. The Bertz CT molecular complexity index is 353. The fourth-order valence-electron chi connectivity index (χ4n) is 2.56. The maximum absolute atomic E-state index is 4.51. The quantitative estimate of drug-likeness (QED) is 0.714. The minimum absolute atomic E-state index is 0.742. The van der Waals surface area contributed by atoms with Crippen molar-refractivity contribution in [3.05, 3.63) is 28.8 Å². The maximum Gasteiger partial charge on any atom is 0.00456 e. The van der Waals surface area contributed by atoms with Gasteiger partial charge in [-0.15, -0.1) is 12.6 Å². The fourth-order valence-corrected chi connectivity index (χ4v) is 2.87. The van der Waals surface area contributed by atoms with Gasteiger partial charge in [0, 0.05) is 4.90 Å². The van der Waals surface area contributed by atoms with Gasteiger partial charge in [-0.2, -0.15) is 0 Å². The lowest BCUT2D eigenvalue weighted by molar-refractivity contribution is 0.623. The Morgan fingerprint density at radius 3 is 2.67 bits per heavy atom. The van der Waals surface area contributed by atoms with Crippen LogP contribution in [0.4, 0.5) is 0 Å². The highest BCUT2D eigenvalue weighted by Gasteiger charge is 2.14. The van der Waals surface area contributed by atoms with Crippen molar-refractivity contribution in [3.8, 4) is 0 Å². The van der Waals surface area contributed by atoms with Gasteiger partial charge in [0.05, 0.1) is 0 Å². The molecule has 1 aliphatic rings. The van der Waals surface area contributed by atoms with Gasteiger partial charge in [0.2, 0.25) is 0 Å². The Kier molecular flexibility index (Phi) is 3.40. The van der Waals surface area contributed by atoms with Crippen molar-refractivity contribution in [3.63, 3.8) is 0 Å². The number of rotatable bonds is 2. The first kappa shape index (κ1) is 11.1. The Morgan fingerprint density at radius 2 is 1.93 bits per heavy atom. The van der Waals surface area contributed by atoms with Gasteiger partial charge in [0.25, 0.3) is 0 Å². The first-order valence-corrected chi connectivity index (χ1v) is 6.45. The summed E-state index contributed by atoms with van der Waals surface area (Å²) < 4.78 is 0. The van der Waals surface area contributed by atoms with Gasteiger partial charge in [-0.3, -0.25) is 0 Å². The Labute approximate surface area is 98.5 Å². The smallest absolute Gasteiger partial charge is 0.00456 e. The number of aryl methyl sites for hydroxylation is 1. The van der Waals surface area contributed by atoms with E-state index >= 15 is 0 Å². The Morgan fingerprint density at radius 1 is 1.20 bits per heavy atom. The van der Waals surface area contributed by atoms with Crippen LogP contribution in [0, 0.1) is 5.92 Å². The molecule has 0 atom stereocenters. The minimum atomic E-state index is 0.742. The van der Waals surface area contributed by atoms with E-state index in [1.54, 1.807) is 16.7 Å². The first-order chi connectivity index (χ1) is 7.16. The Balaban J connectivity index is 2.38. The summed E-state index contributed by atoms with van der Waals surface area (Å²) in [6.45, 7) is 4.58. The zero-order valence-corrected chi connectivity index (χ0v) is 10.6. The van der Waals surface area contributed by atoms with Crippen LogP contribution < -0.4 is 0 Å². The van der Waals surface area contributed by atoms with E-state index < -0.39 is 0 Å². The van der Waals surface area contributed by atoms with E-state index in [0.717, 1.165) is 10.8 Å². The summed E-state index contributed by atoms with van der Waals surface area (Å²) in [5, 5.41) is 0. The van der Waals surface area contributed by atoms with Crippen molar-refractivity contribution in [2.45, 2.75) is 50.8 Å². The van der Waals surface area contributed by atoms with Crippen LogP contribution in [0.25, 0.3) is 0 Å². The number of hydrogen-bond acceptors (Lipinski definition) is 1. The highest BCUT2D eigenvalue weighted by atomic mass is 32.1. The predicted octanol–water partition coefficient (Wildman–Crippen LogP) is 4.05. The van der Waals surface area contributed by atoms with Crippen LogP contribution in [0.3, 0.4) is 0 Å². The van der Waals surface area contributed by atoms with Gasteiger partial charge < -0.3 is 0 Å². The lowest BCUT2D eigenvalue weighted by Gasteiger charge is -2.21. The summed E-state index contributed by atoms with van der Waals surface area (Å²) in [6, 6.07) is 4.54. The SMILES string of the molecule is CC(C)Cc1cc(S)cc2c1CCCC2. The molecule has 0 nitrogen and oxygen atoms in total. The van der Waals surface area contributed by atoms with E-state index in [4.69, 9.17) is 0 Å². The van der Waals surface area contributed by atoms with Crippen molar-refractivity contribution in [1.29, 1.82) is 0 Å². The van der Waals surface area contributed by atoms with E-state index in [-0.39, 0.29) is 0 Å². The molecule has 2 rings (SSSR count). The van der Waals surface area contributed by atoms with Gasteiger partial charge in [-0.1, -0.05) is 13.8 Å². The highest BCUT2D eigenvalue weighted by molar-refractivity contribution is 7.80. The summed E-state index contributed by atoms with van der Waals surface area (Å²) >= 11 is 4.51. The zero-order chi connectivity index (χ0) is 10.8. The molecule has 1 aromatic rings. The molecule has 1 heteroatoms. The van der Waals surface area contributed by atoms with Crippen molar-refractivity contribution >= 4 is 12.6 Å². The molecule has 1 aromatic carbocycles. The number of benzene rings is 1.